The van der Waals surface area contributed by atoms with Crippen LogP contribution in [-0.4, -0.2) is 83.5 Å². The highest BCUT2D eigenvalue weighted by Gasteiger charge is 2.57. The average molecular weight is 640 g/mol. The number of methoxy groups -OCH3 is 1. The quantitative estimate of drug-likeness (QED) is 0.302. The number of hydrogen-bond donors (Lipinski definition) is 1. The lowest BCUT2D eigenvalue weighted by Gasteiger charge is -2.31. The smallest absolute Gasteiger partial charge is 0.338 e. The molecule has 6 rings (SSSR count). The van der Waals surface area contributed by atoms with E-state index in [0.717, 1.165) is 28.0 Å². The highest BCUT2D eigenvalue weighted by Crippen LogP contribution is 2.54. The summed E-state index contributed by atoms with van der Waals surface area (Å²) in [6, 6.07) is 10.7. The van der Waals surface area contributed by atoms with Crippen molar-refractivity contribution in [1.82, 2.24) is 9.47 Å². The zero-order valence-corrected chi connectivity index (χ0v) is 25.5. The van der Waals surface area contributed by atoms with Gasteiger partial charge >= 0.3 is 10.8 Å². The van der Waals surface area contributed by atoms with E-state index in [2.05, 4.69) is 0 Å². The van der Waals surface area contributed by atoms with E-state index >= 15 is 0 Å². The first-order chi connectivity index (χ1) is 21.2. The number of aromatic nitrogens is 1. The molecule has 2 aromatic carbocycles. The van der Waals surface area contributed by atoms with E-state index in [-0.39, 0.29) is 41.0 Å². The fourth-order valence-electron chi connectivity index (χ4n) is 5.77. The molecule has 2 saturated heterocycles. The summed E-state index contributed by atoms with van der Waals surface area (Å²) < 4.78 is 17.1. The van der Waals surface area contributed by atoms with Crippen LogP contribution in [-0.2, 0) is 30.4 Å². The zero-order chi connectivity index (χ0) is 31.1. The van der Waals surface area contributed by atoms with Gasteiger partial charge in [-0.15, -0.1) is 0 Å². The van der Waals surface area contributed by atoms with Crippen molar-refractivity contribution < 1.29 is 38.5 Å². The lowest BCUT2D eigenvalue weighted by Crippen LogP contribution is -2.43. The van der Waals surface area contributed by atoms with Crippen LogP contribution in [0.3, 0.4) is 0 Å². The summed E-state index contributed by atoms with van der Waals surface area (Å²) in [6.45, 7) is 3.37. The number of rotatable bonds is 7. The maximum absolute atomic E-state index is 14.1. The van der Waals surface area contributed by atoms with Gasteiger partial charge in [0.15, 0.2) is 11.5 Å². The van der Waals surface area contributed by atoms with Crippen LogP contribution in [0.15, 0.2) is 52.3 Å². The summed E-state index contributed by atoms with van der Waals surface area (Å²) in [5.74, 6) is -3.23. The summed E-state index contributed by atoms with van der Waals surface area (Å²) in [5, 5.41) is 9.83. The Morgan fingerprint density at radius 3 is 2.45 bits per heavy atom. The predicted molar refractivity (Wildman–Crippen MR) is 161 cm³/mol. The third-order valence-corrected chi connectivity index (χ3v) is 10.5. The molecule has 0 radical (unpaired) electrons. The van der Waals surface area contributed by atoms with E-state index in [9.17, 15) is 29.1 Å². The van der Waals surface area contributed by atoms with Crippen molar-refractivity contribution in [2.45, 2.75) is 29.7 Å². The van der Waals surface area contributed by atoms with Gasteiger partial charge in [0.25, 0.3) is 0 Å². The lowest BCUT2D eigenvalue weighted by atomic mass is 9.83. The lowest BCUT2D eigenvalue weighted by molar-refractivity contribution is -0.136. The number of hydrogen-bond acceptors (Lipinski definition) is 11. The van der Waals surface area contributed by atoms with Crippen molar-refractivity contribution in [1.29, 1.82) is 0 Å². The van der Waals surface area contributed by atoms with E-state index in [1.807, 2.05) is 0 Å². The van der Waals surface area contributed by atoms with Crippen molar-refractivity contribution >= 4 is 52.5 Å². The van der Waals surface area contributed by atoms with Gasteiger partial charge in [0.2, 0.25) is 17.7 Å². The molecule has 3 unspecified atom stereocenters. The Morgan fingerprint density at radius 1 is 1.05 bits per heavy atom. The topological polar surface area (TPSA) is 145 Å². The van der Waals surface area contributed by atoms with Crippen LogP contribution in [0.1, 0.15) is 33.6 Å². The molecule has 1 N–H and O–H groups in total. The molecule has 12 nitrogen and oxygen atoms in total. The van der Waals surface area contributed by atoms with Crippen LogP contribution in [0.2, 0.25) is 0 Å². The number of amides is 3. The van der Waals surface area contributed by atoms with Gasteiger partial charge in [-0.05, 0) is 48.9 Å². The monoisotopic (exact) mass is 639 g/mol. The molecule has 14 heteroatoms. The summed E-state index contributed by atoms with van der Waals surface area (Å²) in [6.07, 6.45) is 0. The number of esters is 1. The number of morpholine rings is 1. The van der Waals surface area contributed by atoms with Gasteiger partial charge in [-0.2, -0.15) is 0 Å². The van der Waals surface area contributed by atoms with Gasteiger partial charge < -0.3 is 24.2 Å². The number of ether oxygens (including phenoxy) is 3. The maximum atomic E-state index is 14.1. The minimum absolute atomic E-state index is 0.0998. The fourth-order valence-corrected chi connectivity index (χ4v) is 8.54. The Labute approximate surface area is 260 Å². The predicted octanol–water partition coefficient (Wildman–Crippen LogP) is 2.46. The van der Waals surface area contributed by atoms with E-state index < -0.39 is 34.9 Å². The number of benzene rings is 2. The van der Waals surface area contributed by atoms with Crippen molar-refractivity contribution in [2.75, 3.05) is 44.9 Å². The number of carbonyl (C=O) groups is 4. The maximum Gasteiger partial charge on any atom is 0.338 e. The SMILES string of the molecule is CCOC(=O)c1ccc(N2C(=O)C3Sc4c(sc(=O)n4CC(=O)N4CCOCC4)C(c4ccc(O)c(OC)c4)C3C2=O)cc1. The second-order valence-corrected chi connectivity index (χ2v) is 12.5. The summed E-state index contributed by atoms with van der Waals surface area (Å²) in [7, 11) is 1.40. The van der Waals surface area contributed by atoms with E-state index in [1.54, 1.807) is 24.0 Å². The standard InChI is InChI=1S/C30H29N3O9S2/c1-3-42-29(38)16-4-7-18(8-5-16)33-26(36)23-22(17-6-9-19(34)20(14-17)40-2)25-28(43-24(23)27(33)37)32(30(39)44-25)15-21(35)31-10-12-41-13-11-31/h4-9,14,22-24,34H,3,10-13,15H2,1-2H3. The number of thiazole rings is 1. The van der Waals surface area contributed by atoms with Crippen LogP contribution in [0.5, 0.6) is 11.5 Å². The third-order valence-electron chi connectivity index (χ3n) is 7.91. The molecule has 0 saturated carbocycles. The number of fused-ring (bicyclic) bond motifs is 2. The van der Waals surface area contributed by atoms with Gasteiger partial charge in [0.1, 0.15) is 11.8 Å². The van der Waals surface area contributed by atoms with Crippen LogP contribution in [0, 0.1) is 5.92 Å². The second-order valence-electron chi connectivity index (χ2n) is 10.4. The Balaban J connectivity index is 1.41. The Morgan fingerprint density at radius 2 is 1.77 bits per heavy atom. The Bertz CT molecular complexity index is 1690. The van der Waals surface area contributed by atoms with Crippen molar-refractivity contribution in [2.24, 2.45) is 5.92 Å². The summed E-state index contributed by atoms with van der Waals surface area (Å²) in [4.78, 5) is 69.8. The molecule has 0 bridgehead atoms. The molecule has 3 amide bonds. The largest absolute Gasteiger partial charge is 0.504 e. The molecule has 2 fully saturated rings. The molecule has 3 aliphatic rings. The van der Waals surface area contributed by atoms with Gasteiger partial charge in [-0.1, -0.05) is 29.2 Å². The summed E-state index contributed by atoms with van der Waals surface area (Å²) in [5.41, 5.74) is 1.16. The average Bonchev–Trinajstić information content (AvgIpc) is 3.48. The number of phenolic OH excluding ortho intramolecular Hbond substituents is 1. The van der Waals surface area contributed by atoms with E-state index in [4.69, 9.17) is 14.2 Å². The first-order valence-electron chi connectivity index (χ1n) is 14.0. The van der Waals surface area contributed by atoms with Crippen LogP contribution < -0.4 is 14.5 Å². The van der Waals surface area contributed by atoms with Gasteiger partial charge in [-0.25, -0.2) is 9.69 Å². The molecule has 3 aromatic rings. The van der Waals surface area contributed by atoms with Crippen molar-refractivity contribution in [3.8, 4) is 11.5 Å². The Kier molecular flexibility index (Phi) is 8.22. The van der Waals surface area contributed by atoms with Gasteiger partial charge in [-0.3, -0.25) is 23.7 Å². The molecule has 0 spiro atoms. The van der Waals surface area contributed by atoms with E-state index in [1.165, 1.54) is 42.0 Å². The number of imide groups is 1. The molecule has 44 heavy (non-hydrogen) atoms. The van der Waals surface area contributed by atoms with Gasteiger partial charge in [0.05, 0.1) is 49.1 Å². The summed E-state index contributed by atoms with van der Waals surface area (Å²) >= 11 is 2.05. The number of carbonyl (C=O) groups excluding carboxylic acids is 4. The third kappa shape index (κ3) is 5.16. The molecular formula is C30H29N3O9S2. The first-order valence-corrected chi connectivity index (χ1v) is 15.7. The molecule has 3 aliphatic heterocycles. The number of anilines is 1. The van der Waals surface area contributed by atoms with Crippen molar-refractivity contribution in [3.63, 3.8) is 0 Å². The number of nitrogens with zero attached hydrogens (tertiary/aromatic N) is 3. The fraction of sp³-hybridized carbons (Fsp3) is 0.367. The highest BCUT2D eigenvalue weighted by atomic mass is 32.2. The molecule has 3 atom stereocenters. The van der Waals surface area contributed by atoms with E-state index in [0.29, 0.717) is 47.5 Å². The molecular weight excluding hydrogens is 610 g/mol. The number of phenols is 1. The zero-order valence-electron chi connectivity index (χ0n) is 23.9. The Hall–Kier alpha value is -4.14. The second kappa shape index (κ2) is 12.1. The molecule has 1 aromatic heterocycles. The van der Waals surface area contributed by atoms with Crippen LogP contribution in [0.4, 0.5) is 5.69 Å². The van der Waals surface area contributed by atoms with Crippen molar-refractivity contribution in [3.05, 3.63) is 68.1 Å². The van der Waals surface area contributed by atoms with Gasteiger partial charge in [0, 0.05) is 23.9 Å². The molecule has 230 valence electrons. The number of aromatic hydroxyl groups is 1. The number of thioether (sulfide) groups is 1. The minimum Gasteiger partial charge on any atom is -0.504 e. The first kappa shape index (κ1) is 29.9. The normalized spacial score (nSPS) is 21.2. The molecule has 4 heterocycles. The van der Waals surface area contributed by atoms with Crippen LogP contribution in [0.25, 0.3) is 0 Å². The highest BCUT2D eigenvalue weighted by molar-refractivity contribution is 8.00. The van der Waals surface area contributed by atoms with Crippen LogP contribution >= 0.6 is 23.1 Å². The minimum atomic E-state index is -0.900. The molecule has 0 aliphatic carbocycles.